The molecule has 0 saturated heterocycles. The molecule has 2 nitrogen and oxygen atoms in total. The molecule has 0 bridgehead atoms. The number of primary amides is 1. The number of hydrogen-bond donors (Lipinski definition) is 1. The van der Waals surface area contributed by atoms with E-state index in [4.69, 9.17) is 17.3 Å². The molecule has 1 amide bonds. The molecule has 2 N–H and O–H groups in total. The Bertz CT molecular complexity index is 625. The van der Waals surface area contributed by atoms with Gasteiger partial charge >= 0.3 is 0 Å². The van der Waals surface area contributed by atoms with Gasteiger partial charge in [-0.15, -0.1) is 0 Å². The van der Waals surface area contributed by atoms with Crippen LogP contribution in [-0.2, 0) is 0 Å². The van der Waals surface area contributed by atoms with E-state index >= 15 is 0 Å². The van der Waals surface area contributed by atoms with Crippen molar-refractivity contribution in [3.63, 3.8) is 0 Å². The number of hydrogen-bond acceptors (Lipinski definition) is 1. The van der Waals surface area contributed by atoms with E-state index in [-0.39, 0.29) is 5.82 Å². The van der Waals surface area contributed by atoms with Gasteiger partial charge in [-0.05, 0) is 30.7 Å². The standard InChI is InChI=1S/C14H11ClFNO/c1-8-3-2-4-10(13(8)16)11-7-9(14(17)18)5-6-12(11)15/h2-7H,1H3,(H2,17,18). The van der Waals surface area contributed by atoms with Crippen LogP contribution in [0.4, 0.5) is 4.39 Å². The van der Waals surface area contributed by atoms with Crippen molar-refractivity contribution >= 4 is 17.5 Å². The van der Waals surface area contributed by atoms with Crippen LogP contribution >= 0.6 is 11.6 Å². The molecular weight excluding hydrogens is 253 g/mol. The first kappa shape index (κ1) is 12.6. The largest absolute Gasteiger partial charge is 0.366 e. The Morgan fingerprint density at radius 3 is 2.61 bits per heavy atom. The molecule has 0 spiro atoms. The van der Waals surface area contributed by atoms with Crippen LogP contribution in [0.2, 0.25) is 5.02 Å². The summed E-state index contributed by atoms with van der Waals surface area (Å²) in [5.74, 6) is -0.915. The fraction of sp³-hybridized carbons (Fsp3) is 0.0714. The second-order valence-electron chi connectivity index (χ2n) is 4.00. The van der Waals surface area contributed by atoms with Crippen molar-refractivity contribution < 1.29 is 9.18 Å². The number of halogens is 2. The molecular formula is C14H11ClFNO. The summed E-state index contributed by atoms with van der Waals surface area (Å²) in [6.45, 7) is 1.67. The van der Waals surface area contributed by atoms with E-state index in [1.807, 2.05) is 0 Å². The zero-order valence-corrected chi connectivity index (χ0v) is 10.5. The van der Waals surface area contributed by atoms with Crippen molar-refractivity contribution in [1.29, 1.82) is 0 Å². The van der Waals surface area contributed by atoms with Crippen molar-refractivity contribution in [1.82, 2.24) is 0 Å². The second-order valence-corrected chi connectivity index (χ2v) is 4.40. The molecule has 0 aromatic heterocycles. The first-order valence-electron chi connectivity index (χ1n) is 5.35. The van der Waals surface area contributed by atoms with Crippen LogP contribution < -0.4 is 5.73 Å². The van der Waals surface area contributed by atoms with Gasteiger partial charge in [0.1, 0.15) is 5.82 Å². The van der Waals surface area contributed by atoms with E-state index in [0.717, 1.165) is 0 Å². The van der Waals surface area contributed by atoms with E-state index in [1.54, 1.807) is 31.2 Å². The molecule has 0 aliphatic heterocycles. The van der Waals surface area contributed by atoms with E-state index in [9.17, 15) is 9.18 Å². The van der Waals surface area contributed by atoms with Crippen molar-refractivity contribution in [2.24, 2.45) is 5.73 Å². The maximum atomic E-state index is 14.0. The third-order valence-electron chi connectivity index (χ3n) is 2.73. The van der Waals surface area contributed by atoms with Crippen LogP contribution in [0.25, 0.3) is 11.1 Å². The number of aryl methyl sites for hydroxylation is 1. The molecule has 0 heterocycles. The maximum absolute atomic E-state index is 14.0. The molecule has 0 atom stereocenters. The molecule has 0 saturated carbocycles. The third kappa shape index (κ3) is 2.22. The van der Waals surface area contributed by atoms with E-state index in [0.29, 0.717) is 27.3 Å². The quantitative estimate of drug-likeness (QED) is 0.885. The minimum absolute atomic E-state index is 0.301. The average molecular weight is 264 g/mol. The van der Waals surface area contributed by atoms with E-state index in [1.165, 1.54) is 12.1 Å². The first-order chi connectivity index (χ1) is 8.50. The number of carbonyl (C=O) groups is 1. The lowest BCUT2D eigenvalue weighted by molar-refractivity contribution is 0.100. The molecule has 92 valence electrons. The first-order valence-corrected chi connectivity index (χ1v) is 5.73. The highest BCUT2D eigenvalue weighted by Gasteiger charge is 2.12. The maximum Gasteiger partial charge on any atom is 0.248 e. The molecule has 2 rings (SSSR count). The number of carbonyl (C=O) groups excluding carboxylic acids is 1. The van der Waals surface area contributed by atoms with Crippen molar-refractivity contribution in [3.05, 3.63) is 58.4 Å². The van der Waals surface area contributed by atoms with Crippen LogP contribution in [0.1, 0.15) is 15.9 Å². The molecule has 0 aliphatic rings. The van der Waals surface area contributed by atoms with Gasteiger partial charge in [-0.2, -0.15) is 0 Å². The minimum atomic E-state index is -0.569. The topological polar surface area (TPSA) is 43.1 Å². The summed E-state index contributed by atoms with van der Waals surface area (Å²) < 4.78 is 14.0. The SMILES string of the molecule is Cc1cccc(-c2cc(C(N)=O)ccc2Cl)c1F. The van der Waals surface area contributed by atoms with Gasteiger partial charge in [0, 0.05) is 21.7 Å². The molecule has 2 aromatic carbocycles. The van der Waals surface area contributed by atoms with Crippen LogP contribution in [0.3, 0.4) is 0 Å². The number of amides is 1. The van der Waals surface area contributed by atoms with Gasteiger partial charge in [-0.3, -0.25) is 4.79 Å². The second kappa shape index (κ2) is 4.78. The monoisotopic (exact) mass is 263 g/mol. The lowest BCUT2D eigenvalue weighted by atomic mass is 10.0. The molecule has 0 radical (unpaired) electrons. The Kier molecular flexibility index (Phi) is 3.34. The van der Waals surface area contributed by atoms with Crippen LogP contribution in [0, 0.1) is 12.7 Å². The predicted octanol–water partition coefficient (Wildman–Crippen LogP) is 3.55. The van der Waals surface area contributed by atoms with Crippen molar-refractivity contribution in [2.75, 3.05) is 0 Å². The van der Waals surface area contributed by atoms with Gasteiger partial charge in [0.2, 0.25) is 5.91 Å². The predicted molar refractivity (Wildman–Crippen MR) is 70.1 cm³/mol. The normalized spacial score (nSPS) is 10.4. The smallest absolute Gasteiger partial charge is 0.248 e. The zero-order chi connectivity index (χ0) is 13.3. The molecule has 18 heavy (non-hydrogen) atoms. The number of rotatable bonds is 2. The van der Waals surface area contributed by atoms with Gasteiger partial charge in [-0.25, -0.2) is 4.39 Å². The highest BCUT2D eigenvalue weighted by Crippen LogP contribution is 2.31. The van der Waals surface area contributed by atoms with Gasteiger partial charge in [-0.1, -0.05) is 29.8 Å². The Morgan fingerprint density at radius 2 is 1.94 bits per heavy atom. The van der Waals surface area contributed by atoms with Crippen molar-refractivity contribution in [3.8, 4) is 11.1 Å². The van der Waals surface area contributed by atoms with E-state index in [2.05, 4.69) is 0 Å². The fourth-order valence-corrected chi connectivity index (χ4v) is 1.96. The molecule has 0 fully saturated rings. The molecule has 0 aliphatic carbocycles. The Labute approximate surface area is 109 Å². The van der Waals surface area contributed by atoms with Crippen LogP contribution in [-0.4, -0.2) is 5.91 Å². The van der Waals surface area contributed by atoms with Gasteiger partial charge < -0.3 is 5.73 Å². The van der Waals surface area contributed by atoms with Crippen LogP contribution in [0.15, 0.2) is 36.4 Å². The summed E-state index contributed by atoms with van der Waals surface area (Å²) in [5, 5.41) is 0.379. The number of nitrogens with two attached hydrogens (primary N) is 1. The summed E-state index contributed by atoms with van der Waals surface area (Å²) in [6.07, 6.45) is 0. The lowest BCUT2D eigenvalue weighted by Crippen LogP contribution is -2.10. The Hall–Kier alpha value is -1.87. The molecule has 0 unspecified atom stereocenters. The summed E-state index contributed by atoms with van der Waals surface area (Å²) in [7, 11) is 0. The fourth-order valence-electron chi connectivity index (χ4n) is 1.74. The Morgan fingerprint density at radius 1 is 1.22 bits per heavy atom. The Balaban J connectivity index is 2.66. The van der Waals surface area contributed by atoms with E-state index < -0.39 is 5.91 Å². The summed E-state index contributed by atoms with van der Waals surface area (Å²) in [6, 6.07) is 9.59. The lowest BCUT2D eigenvalue weighted by Gasteiger charge is -2.09. The summed E-state index contributed by atoms with van der Waals surface area (Å²) in [4.78, 5) is 11.1. The van der Waals surface area contributed by atoms with Crippen molar-refractivity contribution in [2.45, 2.75) is 6.92 Å². The van der Waals surface area contributed by atoms with Crippen LogP contribution in [0.5, 0.6) is 0 Å². The highest BCUT2D eigenvalue weighted by molar-refractivity contribution is 6.33. The molecule has 4 heteroatoms. The third-order valence-corrected chi connectivity index (χ3v) is 3.06. The van der Waals surface area contributed by atoms with Gasteiger partial charge in [0.05, 0.1) is 0 Å². The van der Waals surface area contributed by atoms with Gasteiger partial charge in [0.15, 0.2) is 0 Å². The minimum Gasteiger partial charge on any atom is -0.366 e. The zero-order valence-electron chi connectivity index (χ0n) is 9.71. The highest BCUT2D eigenvalue weighted by atomic mass is 35.5. The average Bonchev–Trinajstić information content (AvgIpc) is 2.33. The summed E-state index contributed by atoms with van der Waals surface area (Å²) >= 11 is 6.04. The van der Waals surface area contributed by atoms with Gasteiger partial charge in [0.25, 0.3) is 0 Å². The summed E-state index contributed by atoms with van der Waals surface area (Å²) in [5.41, 5.74) is 6.86. The molecule has 2 aromatic rings. The number of benzene rings is 2.